The van der Waals surface area contributed by atoms with E-state index in [1.165, 1.54) is 16.7 Å². The van der Waals surface area contributed by atoms with Crippen molar-refractivity contribution in [3.8, 4) is 5.75 Å². The van der Waals surface area contributed by atoms with Crippen molar-refractivity contribution >= 4 is 32.1 Å². The minimum Gasteiger partial charge on any atom is -0.497 e. The molecule has 0 atom stereocenters. The molecule has 4 aromatic rings. The van der Waals surface area contributed by atoms with E-state index in [4.69, 9.17) is 9.88 Å². The number of benzene rings is 2. The zero-order valence-corrected chi connectivity index (χ0v) is 15.0. The van der Waals surface area contributed by atoms with Crippen molar-refractivity contribution in [2.45, 2.75) is 11.4 Å². The van der Waals surface area contributed by atoms with E-state index in [2.05, 4.69) is 15.2 Å². The monoisotopic (exact) mass is 385 g/mol. The van der Waals surface area contributed by atoms with Crippen LogP contribution in [-0.2, 0) is 16.6 Å². The molecule has 2 aromatic heterocycles. The summed E-state index contributed by atoms with van der Waals surface area (Å²) in [5, 5.41) is 14.1. The lowest BCUT2D eigenvalue weighted by molar-refractivity contribution is 0.415. The van der Waals surface area contributed by atoms with Crippen molar-refractivity contribution in [1.29, 1.82) is 0 Å². The molecule has 0 spiro atoms. The number of imidazole rings is 1. The van der Waals surface area contributed by atoms with Gasteiger partial charge in [-0.15, -0.1) is 10.2 Å². The van der Waals surface area contributed by atoms with Crippen molar-refractivity contribution in [2.75, 3.05) is 7.11 Å². The highest BCUT2D eigenvalue weighted by Gasteiger charge is 2.14. The first-order chi connectivity index (χ1) is 12.9. The van der Waals surface area contributed by atoms with Gasteiger partial charge in [0.2, 0.25) is 10.0 Å². The van der Waals surface area contributed by atoms with Crippen LogP contribution >= 0.6 is 0 Å². The molecule has 0 saturated heterocycles. The Hall–Kier alpha value is -3.24. The fourth-order valence-electron chi connectivity index (χ4n) is 2.95. The minimum absolute atomic E-state index is 0.0148. The van der Waals surface area contributed by atoms with Gasteiger partial charge in [-0.1, -0.05) is 12.1 Å². The highest BCUT2D eigenvalue weighted by molar-refractivity contribution is 7.89. The number of ether oxygens (including phenoxy) is 1. The van der Waals surface area contributed by atoms with Crippen LogP contribution in [0, 0.1) is 0 Å². The van der Waals surface area contributed by atoms with E-state index in [0.29, 0.717) is 22.4 Å². The smallest absolute Gasteiger partial charge is 0.328 e. The molecule has 138 valence electrons. The van der Waals surface area contributed by atoms with Crippen molar-refractivity contribution in [3.63, 3.8) is 0 Å². The number of aromatic nitrogens is 4. The Morgan fingerprint density at radius 3 is 2.56 bits per heavy atom. The van der Waals surface area contributed by atoms with Crippen LogP contribution in [0.2, 0.25) is 0 Å². The van der Waals surface area contributed by atoms with Crippen LogP contribution in [0.15, 0.2) is 52.2 Å². The maximum atomic E-state index is 12.4. The molecule has 3 N–H and O–H groups in total. The first kappa shape index (κ1) is 17.2. The number of rotatable bonds is 4. The topological polar surface area (TPSA) is 133 Å². The average molecular weight is 385 g/mol. The van der Waals surface area contributed by atoms with Gasteiger partial charge < -0.3 is 4.74 Å². The third kappa shape index (κ3) is 3.04. The number of nitrogens with two attached hydrogens (primary N) is 1. The molecule has 2 aromatic carbocycles. The summed E-state index contributed by atoms with van der Waals surface area (Å²) in [6.07, 6.45) is 0. The highest BCUT2D eigenvalue weighted by Crippen LogP contribution is 2.24. The van der Waals surface area contributed by atoms with Gasteiger partial charge in [0.1, 0.15) is 11.3 Å². The quantitative estimate of drug-likeness (QED) is 0.538. The second-order valence-corrected chi connectivity index (χ2v) is 7.55. The summed E-state index contributed by atoms with van der Waals surface area (Å²) >= 11 is 0. The van der Waals surface area contributed by atoms with Crippen molar-refractivity contribution in [3.05, 3.63) is 58.5 Å². The van der Waals surface area contributed by atoms with Gasteiger partial charge in [0.15, 0.2) is 5.65 Å². The molecular formula is C17H15N5O4S. The van der Waals surface area contributed by atoms with Crippen LogP contribution in [0.3, 0.4) is 0 Å². The summed E-state index contributed by atoms with van der Waals surface area (Å²) in [6.45, 7) is 0.233. The van der Waals surface area contributed by atoms with E-state index in [1.54, 1.807) is 31.4 Å². The van der Waals surface area contributed by atoms with Gasteiger partial charge in [-0.05, 0) is 29.8 Å². The first-order valence-electron chi connectivity index (χ1n) is 7.91. The van der Waals surface area contributed by atoms with Crippen LogP contribution in [0.4, 0.5) is 0 Å². The SMILES string of the molecule is COc1ccc2c(c1)nnc1[nH]c(=O)n(Cc3ccc(S(N)(=O)=O)cc3)c12. The molecule has 27 heavy (non-hydrogen) atoms. The van der Waals surface area contributed by atoms with E-state index < -0.39 is 10.0 Å². The Morgan fingerprint density at radius 1 is 1.15 bits per heavy atom. The molecular weight excluding hydrogens is 370 g/mol. The van der Waals surface area contributed by atoms with Crippen LogP contribution in [-0.4, -0.2) is 35.3 Å². The van der Waals surface area contributed by atoms with Gasteiger partial charge >= 0.3 is 5.69 Å². The number of fused-ring (bicyclic) bond motifs is 3. The lowest BCUT2D eigenvalue weighted by Crippen LogP contribution is -2.17. The number of primary sulfonamides is 1. The molecule has 0 radical (unpaired) electrons. The largest absolute Gasteiger partial charge is 0.497 e. The highest BCUT2D eigenvalue weighted by atomic mass is 32.2. The second-order valence-electron chi connectivity index (χ2n) is 5.99. The van der Waals surface area contributed by atoms with Gasteiger partial charge in [-0.3, -0.25) is 9.55 Å². The van der Waals surface area contributed by atoms with Crippen molar-refractivity contribution < 1.29 is 13.2 Å². The molecule has 0 aliphatic carbocycles. The third-order valence-electron chi connectivity index (χ3n) is 4.28. The Balaban J connectivity index is 1.85. The molecule has 10 heteroatoms. The van der Waals surface area contributed by atoms with E-state index >= 15 is 0 Å². The predicted molar refractivity (Wildman–Crippen MR) is 99.1 cm³/mol. The molecule has 0 aliphatic heterocycles. The Bertz CT molecular complexity index is 1320. The number of nitrogens with zero attached hydrogens (tertiary/aromatic N) is 3. The molecule has 0 unspecified atom stereocenters. The summed E-state index contributed by atoms with van der Waals surface area (Å²) in [5.41, 5.74) is 1.99. The molecule has 2 heterocycles. The number of hydrogen-bond donors (Lipinski definition) is 2. The number of nitrogens with one attached hydrogen (secondary N) is 1. The molecule has 0 bridgehead atoms. The number of methoxy groups -OCH3 is 1. The number of sulfonamides is 1. The van der Waals surface area contributed by atoms with Gasteiger partial charge in [-0.2, -0.15) is 0 Å². The summed E-state index contributed by atoms with van der Waals surface area (Å²) in [6, 6.07) is 11.4. The van der Waals surface area contributed by atoms with Crippen LogP contribution in [0.25, 0.3) is 22.1 Å². The zero-order valence-electron chi connectivity index (χ0n) is 14.2. The second kappa shape index (κ2) is 6.18. The third-order valence-corrected chi connectivity index (χ3v) is 5.20. The van der Waals surface area contributed by atoms with E-state index in [9.17, 15) is 13.2 Å². The van der Waals surface area contributed by atoms with Crippen LogP contribution in [0.1, 0.15) is 5.56 Å². The minimum atomic E-state index is -3.76. The van der Waals surface area contributed by atoms with Crippen LogP contribution in [0.5, 0.6) is 5.75 Å². The standard InChI is InChI=1S/C17H15N5O4S/c1-26-11-4-7-13-14(8-11)20-21-16-15(13)22(17(23)19-16)9-10-2-5-12(6-3-10)27(18,24)25/h2-8H,9H2,1H3,(H2,18,24,25)(H,19,21,23). The Kier molecular flexibility index (Phi) is 3.93. The van der Waals surface area contributed by atoms with Gasteiger partial charge in [0.25, 0.3) is 0 Å². The maximum absolute atomic E-state index is 12.4. The molecule has 9 nitrogen and oxygen atoms in total. The molecule has 0 amide bonds. The Labute approximate surface area is 153 Å². The fourth-order valence-corrected chi connectivity index (χ4v) is 3.46. The lowest BCUT2D eigenvalue weighted by Gasteiger charge is -2.07. The first-order valence-corrected chi connectivity index (χ1v) is 9.46. The van der Waals surface area contributed by atoms with Gasteiger partial charge in [-0.25, -0.2) is 18.4 Å². The molecule has 0 fully saturated rings. The zero-order chi connectivity index (χ0) is 19.2. The van der Waals surface area contributed by atoms with E-state index in [1.807, 2.05) is 6.07 Å². The molecule has 4 rings (SSSR count). The number of aromatic amines is 1. The predicted octanol–water partition coefficient (Wildman–Crippen LogP) is 0.977. The Morgan fingerprint density at radius 2 is 1.89 bits per heavy atom. The van der Waals surface area contributed by atoms with Crippen molar-refractivity contribution in [1.82, 2.24) is 19.7 Å². The lowest BCUT2D eigenvalue weighted by atomic mass is 10.2. The van der Waals surface area contributed by atoms with E-state index in [0.717, 1.165) is 10.9 Å². The number of H-pyrrole nitrogens is 1. The summed E-state index contributed by atoms with van der Waals surface area (Å²) in [4.78, 5) is 15.1. The van der Waals surface area contributed by atoms with Gasteiger partial charge in [0.05, 0.1) is 24.1 Å². The summed E-state index contributed by atoms with van der Waals surface area (Å²) in [5.74, 6) is 0.638. The number of hydrogen-bond acceptors (Lipinski definition) is 6. The van der Waals surface area contributed by atoms with Crippen molar-refractivity contribution in [2.24, 2.45) is 5.14 Å². The summed E-state index contributed by atoms with van der Waals surface area (Å²) < 4.78 is 29.5. The molecule has 0 saturated carbocycles. The normalized spacial score (nSPS) is 11.9. The van der Waals surface area contributed by atoms with E-state index in [-0.39, 0.29) is 17.1 Å². The van der Waals surface area contributed by atoms with Crippen LogP contribution < -0.4 is 15.6 Å². The fraction of sp³-hybridized carbons (Fsp3) is 0.118. The average Bonchev–Trinajstić information content (AvgIpc) is 2.96. The molecule has 0 aliphatic rings. The maximum Gasteiger partial charge on any atom is 0.328 e. The summed E-state index contributed by atoms with van der Waals surface area (Å²) in [7, 11) is -2.20. The van der Waals surface area contributed by atoms with Gasteiger partial charge in [0, 0.05) is 11.5 Å².